The molecule has 1 fully saturated rings. The average molecular weight is 161 g/mol. The fourth-order valence-electron chi connectivity index (χ4n) is 1.66. The molecule has 0 heterocycles. The molecule has 0 saturated heterocycles. The second-order valence-corrected chi connectivity index (χ2v) is 3.95. The molecule has 1 rings (SSSR count). The van der Waals surface area contributed by atoms with E-state index in [0.717, 1.165) is 11.8 Å². The summed E-state index contributed by atoms with van der Waals surface area (Å²) in [5, 5.41) is 0. The zero-order valence-electron chi connectivity index (χ0n) is 6.99. The minimum Gasteiger partial charge on any atom is -0.126 e. The van der Waals surface area contributed by atoms with Crippen LogP contribution in [-0.2, 0) is 0 Å². The smallest absolute Gasteiger partial charge is 0.0282 e. The Balaban J connectivity index is 2.32. The predicted octanol–water partition coefficient (Wildman–Crippen LogP) is 3.44. The first-order chi connectivity index (χ1) is 4.75. The quantitative estimate of drug-likeness (QED) is 0.553. The number of alkyl halides is 1. The van der Waals surface area contributed by atoms with E-state index < -0.39 is 0 Å². The van der Waals surface area contributed by atoms with E-state index in [4.69, 9.17) is 11.6 Å². The van der Waals surface area contributed by atoms with Crippen molar-refractivity contribution >= 4 is 11.6 Å². The number of rotatable bonds is 4. The molecule has 0 amide bonds. The molecule has 0 aromatic heterocycles. The Morgan fingerprint density at radius 1 is 1.50 bits per heavy atom. The van der Waals surface area contributed by atoms with E-state index in [-0.39, 0.29) is 0 Å². The van der Waals surface area contributed by atoms with Crippen molar-refractivity contribution in [2.45, 2.75) is 39.5 Å². The molecule has 1 atom stereocenters. The molecule has 10 heavy (non-hydrogen) atoms. The van der Waals surface area contributed by atoms with Gasteiger partial charge in [0.05, 0.1) is 0 Å². The van der Waals surface area contributed by atoms with Crippen LogP contribution < -0.4 is 0 Å². The van der Waals surface area contributed by atoms with E-state index in [1.165, 1.54) is 25.7 Å². The van der Waals surface area contributed by atoms with Gasteiger partial charge in [-0.3, -0.25) is 0 Å². The van der Waals surface area contributed by atoms with E-state index in [2.05, 4.69) is 13.8 Å². The highest BCUT2D eigenvalue weighted by molar-refractivity contribution is 6.18. The Morgan fingerprint density at radius 3 is 2.40 bits per heavy atom. The van der Waals surface area contributed by atoms with Crippen molar-refractivity contribution in [3.8, 4) is 0 Å². The summed E-state index contributed by atoms with van der Waals surface area (Å²) in [5.74, 6) is 1.74. The van der Waals surface area contributed by atoms with Gasteiger partial charge >= 0.3 is 0 Å². The van der Waals surface area contributed by atoms with Gasteiger partial charge in [-0.25, -0.2) is 0 Å². The molecule has 0 bridgehead atoms. The standard InChI is InChI=1S/C9H17Cl/c1-3-4-8(2)9(7-10)5-6-9/h8H,3-7H2,1-2H3. The van der Waals surface area contributed by atoms with Crippen molar-refractivity contribution in [3.05, 3.63) is 0 Å². The fraction of sp³-hybridized carbons (Fsp3) is 1.00. The molecule has 1 unspecified atom stereocenters. The molecule has 0 aliphatic heterocycles. The Hall–Kier alpha value is 0.290. The maximum absolute atomic E-state index is 5.89. The van der Waals surface area contributed by atoms with Crippen molar-refractivity contribution in [1.29, 1.82) is 0 Å². The molecule has 1 aliphatic rings. The first kappa shape index (κ1) is 8.39. The Labute approximate surface area is 69.0 Å². The van der Waals surface area contributed by atoms with Gasteiger partial charge in [0.25, 0.3) is 0 Å². The lowest BCUT2D eigenvalue weighted by Gasteiger charge is -2.19. The van der Waals surface area contributed by atoms with Gasteiger partial charge < -0.3 is 0 Å². The van der Waals surface area contributed by atoms with Crippen molar-refractivity contribution in [2.24, 2.45) is 11.3 Å². The second-order valence-electron chi connectivity index (χ2n) is 3.69. The summed E-state index contributed by atoms with van der Waals surface area (Å²) in [7, 11) is 0. The molecule has 0 spiro atoms. The Kier molecular flexibility index (Phi) is 2.62. The predicted molar refractivity (Wildman–Crippen MR) is 46.5 cm³/mol. The van der Waals surface area contributed by atoms with E-state index in [1.807, 2.05) is 0 Å². The van der Waals surface area contributed by atoms with Crippen molar-refractivity contribution in [1.82, 2.24) is 0 Å². The molecule has 1 aliphatic carbocycles. The van der Waals surface area contributed by atoms with Crippen LogP contribution in [0.1, 0.15) is 39.5 Å². The molecule has 1 saturated carbocycles. The van der Waals surface area contributed by atoms with Crippen LogP contribution in [0.5, 0.6) is 0 Å². The first-order valence-electron chi connectivity index (χ1n) is 4.31. The van der Waals surface area contributed by atoms with Gasteiger partial charge in [-0.1, -0.05) is 26.7 Å². The summed E-state index contributed by atoms with van der Waals surface area (Å²) >= 11 is 5.89. The lowest BCUT2D eigenvalue weighted by Crippen LogP contribution is -2.13. The van der Waals surface area contributed by atoms with Gasteiger partial charge in [-0.2, -0.15) is 0 Å². The largest absolute Gasteiger partial charge is 0.126 e. The van der Waals surface area contributed by atoms with Gasteiger partial charge in [-0.15, -0.1) is 11.6 Å². The molecule has 1 heteroatoms. The van der Waals surface area contributed by atoms with Gasteiger partial charge in [-0.05, 0) is 24.2 Å². The second kappa shape index (κ2) is 3.13. The molecule has 0 nitrogen and oxygen atoms in total. The summed E-state index contributed by atoms with van der Waals surface area (Å²) < 4.78 is 0. The van der Waals surface area contributed by atoms with Crippen LogP contribution in [0.3, 0.4) is 0 Å². The van der Waals surface area contributed by atoms with Crippen molar-refractivity contribution < 1.29 is 0 Å². The Bertz CT molecular complexity index is 105. The molecule has 0 radical (unpaired) electrons. The van der Waals surface area contributed by atoms with Gasteiger partial charge in [0.2, 0.25) is 0 Å². The van der Waals surface area contributed by atoms with E-state index in [0.29, 0.717) is 5.41 Å². The van der Waals surface area contributed by atoms with Crippen LogP contribution in [0.2, 0.25) is 0 Å². The third-order valence-corrected chi connectivity index (χ3v) is 3.46. The van der Waals surface area contributed by atoms with Crippen LogP contribution in [0.4, 0.5) is 0 Å². The maximum atomic E-state index is 5.89. The first-order valence-corrected chi connectivity index (χ1v) is 4.84. The van der Waals surface area contributed by atoms with E-state index >= 15 is 0 Å². The monoisotopic (exact) mass is 160 g/mol. The molecule has 0 N–H and O–H groups in total. The van der Waals surface area contributed by atoms with E-state index in [9.17, 15) is 0 Å². The zero-order valence-corrected chi connectivity index (χ0v) is 7.75. The van der Waals surface area contributed by atoms with Crippen LogP contribution >= 0.6 is 11.6 Å². The van der Waals surface area contributed by atoms with Gasteiger partial charge in [0, 0.05) is 5.88 Å². The highest BCUT2D eigenvalue weighted by Crippen LogP contribution is 2.53. The molecule has 60 valence electrons. The SMILES string of the molecule is CCCC(C)C1(CCl)CC1. The summed E-state index contributed by atoms with van der Waals surface area (Å²) in [6.07, 6.45) is 5.40. The fourth-order valence-corrected chi connectivity index (χ4v) is 2.19. The number of hydrogen-bond donors (Lipinski definition) is 0. The number of halogens is 1. The third-order valence-electron chi connectivity index (χ3n) is 2.93. The minimum absolute atomic E-state index is 0.567. The van der Waals surface area contributed by atoms with Crippen molar-refractivity contribution in [2.75, 3.05) is 5.88 Å². The lowest BCUT2D eigenvalue weighted by molar-refractivity contribution is 0.344. The molecular formula is C9H17Cl. The van der Waals surface area contributed by atoms with Crippen molar-refractivity contribution in [3.63, 3.8) is 0 Å². The van der Waals surface area contributed by atoms with Crippen LogP contribution in [-0.4, -0.2) is 5.88 Å². The highest BCUT2D eigenvalue weighted by atomic mass is 35.5. The summed E-state index contributed by atoms with van der Waals surface area (Å²) in [4.78, 5) is 0. The topological polar surface area (TPSA) is 0 Å². The van der Waals surface area contributed by atoms with E-state index in [1.54, 1.807) is 0 Å². The summed E-state index contributed by atoms with van der Waals surface area (Å²) in [6.45, 7) is 4.60. The summed E-state index contributed by atoms with van der Waals surface area (Å²) in [5.41, 5.74) is 0.567. The summed E-state index contributed by atoms with van der Waals surface area (Å²) in [6, 6.07) is 0. The normalized spacial score (nSPS) is 24.3. The van der Waals surface area contributed by atoms with Crippen LogP contribution in [0.25, 0.3) is 0 Å². The molecular weight excluding hydrogens is 144 g/mol. The van der Waals surface area contributed by atoms with Crippen LogP contribution in [0.15, 0.2) is 0 Å². The average Bonchev–Trinajstić information content (AvgIpc) is 2.68. The van der Waals surface area contributed by atoms with Crippen LogP contribution in [0, 0.1) is 11.3 Å². The zero-order chi connectivity index (χ0) is 7.61. The molecule has 0 aromatic rings. The molecule has 0 aromatic carbocycles. The minimum atomic E-state index is 0.567. The highest BCUT2D eigenvalue weighted by Gasteiger charge is 2.45. The third kappa shape index (κ3) is 1.47. The Morgan fingerprint density at radius 2 is 2.10 bits per heavy atom. The van der Waals surface area contributed by atoms with Gasteiger partial charge in [0.15, 0.2) is 0 Å². The number of hydrogen-bond acceptors (Lipinski definition) is 0. The lowest BCUT2D eigenvalue weighted by atomic mass is 9.89. The maximum Gasteiger partial charge on any atom is 0.0282 e. The van der Waals surface area contributed by atoms with Gasteiger partial charge in [0.1, 0.15) is 0 Å².